The van der Waals surface area contributed by atoms with Crippen molar-refractivity contribution in [2.45, 2.75) is 65.8 Å². The van der Waals surface area contributed by atoms with E-state index in [1.54, 1.807) is 0 Å². The number of nitrogens with zero attached hydrogens (tertiary/aromatic N) is 1. The monoisotopic (exact) mass is 229 g/mol. The second-order valence-corrected chi connectivity index (χ2v) is 4.80. The average Bonchev–Trinajstić information content (AvgIpc) is 2.26. The van der Waals surface area contributed by atoms with Gasteiger partial charge in [-0.3, -0.25) is 0 Å². The van der Waals surface area contributed by atoms with Crippen LogP contribution in [0.1, 0.15) is 59.8 Å². The molecular formula is C14H31NO. The van der Waals surface area contributed by atoms with E-state index in [1.165, 1.54) is 45.2 Å². The molecule has 0 aliphatic heterocycles. The van der Waals surface area contributed by atoms with Crippen LogP contribution in [0.5, 0.6) is 0 Å². The molecule has 0 radical (unpaired) electrons. The van der Waals surface area contributed by atoms with Gasteiger partial charge in [-0.05, 0) is 39.7 Å². The van der Waals surface area contributed by atoms with Crippen LogP contribution in [0.3, 0.4) is 0 Å². The number of hydrogen-bond donors (Lipinski definition) is 0. The molecule has 0 aromatic carbocycles. The molecule has 2 heteroatoms. The lowest BCUT2D eigenvalue weighted by molar-refractivity contribution is 0.112. The number of rotatable bonds is 11. The fraction of sp³-hybridized carbons (Fsp3) is 1.00. The van der Waals surface area contributed by atoms with Gasteiger partial charge in [-0.15, -0.1) is 0 Å². The molecule has 0 heterocycles. The van der Waals surface area contributed by atoms with Crippen LogP contribution in [0.15, 0.2) is 0 Å². The Morgan fingerprint density at radius 2 is 1.56 bits per heavy atom. The van der Waals surface area contributed by atoms with E-state index in [1.807, 2.05) is 0 Å². The van der Waals surface area contributed by atoms with Gasteiger partial charge in [0, 0.05) is 25.8 Å². The zero-order valence-electron chi connectivity index (χ0n) is 11.8. The molecule has 0 amide bonds. The van der Waals surface area contributed by atoms with Gasteiger partial charge in [0.15, 0.2) is 0 Å². The Morgan fingerprint density at radius 3 is 2.12 bits per heavy atom. The van der Waals surface area contributed by atoms with E-state index in [-0.39, 0.29) is 0 Å². The van der Waals surface area contributed by atoms with Crippen molar-refractivity contribution >= 4 is 0 Å². The summed E-state index contributed by atoms with van der Waals surface area (Å²) in [5.41, 5.74) is 0. The minimum atomic E-state index is 0.667. The number of hydrogen-bond acceptors (Lipinski definition) is 2. The van der Waals surface area contributed by atoms with Gasteiger partial charge < -0.3 is 9.64 Å². The second kappa shape index (κ2) is 11.4. The third-order valence-corrected chi connectivity index (χ3v) is 2.87. The number of unbranched alkanes of at least 4 members (excludes halogenated alkanes) is 2. The van der Waals surface area contributed by atoms with Crippen LogP contribution < -0.4 is 0 Å². The normalized spacial score (nSPS) is 11.6. The highest BCUT2D eigenvalue weighted by Gasteiger charge is 2.06. The fourth-order valence-corrected chi connectivity index (χ4v) is 1.84. The van der Waals surface area contributed by atoms with Crippen molar-refractivity contribution in [1.82, 2.24) is 4.90 Å². The van der Waals surface area contributed by atoms with Gasteiger partial charge in [0.05, 0.1) is 0 Å². The van der Waals surface area contributed by atoms with Gasteiger partial charge in [-0.1, -0.05) is 26.7 Å². The molecule has 0 aromatic heterocycles. The maximum atomic E-state index is 5.62. The third kappa shape index (κ3) is 9.17. The van der Waals surface area contributed by atoms with Crippen molar-refractivity contribution < 1.29 is 4.74 Å². The summed E-state index contributed by atoms with van der Waals surface area (Å²) in [6, 6.07) is 0.667. The zero-order chi connectivity index (χ0) is 12.2. The molecule has 0 spiro atoms. The van der Waals surface area contributed by atoms with E-state index in [0.29, 0.717) is 6.04 Å². The maximum Gasteiger partial charge on any atom is 0.0478 e. The molecule has 0 atom stereocenters. The molecule has 2 nitrogen and oxygen atoms in total. The molecule has 0 aromatic rings. The second-order valence-electron chi connectivity index (χ2n) is 4.80. The molecule has 0 aliphatic rings. The summed E-state index contributed by atoms with van der Waals surface area (Å²) in [5.74, 6) is 0. The third-order valence-electron chi connectivity index (χ3n) is 2.87. The number of ether oxygens (including phenoxy) is 1. The lowest BCUT2D eigenvalue weighted by Gasteiger charge is -2.25. The molecule has 0 saturated heterocycles. The van der Waals surface area contributed by atoms with Crippen molar-refractivity contribution in [3.63, 3.8) is 0 Å². The van der Waals surface area contributed by atoms with E-state index in [4.69, 9.17) is 4.74 Å². The summed E-state index contributed by atoms with van der Waals surface area (Å²) in [5, 5.41) is 0. The van der Waals surface area contributed by atoms with Crippen LogP contribution in [0.2, 0.25) is 0 Å². The Hall–Kier alpha value is -0.0800. The van der Waals surface area contributed by atoms with Crippen LogP contribution in [0.4, 0.5) is 0 Å². The molecular weight excluding hydrogens is 198 g/mol. The van der Waals surface area contributed by atoms with Crippen LogP contribution >= 0.6 is 0 Å². The van der Waals surface area contributed by atoms with Crippen molar-refractivity contribution in [3.8, 4) is 0 Å². The van der Waals surface area contributed by atoms with Gasteiger partial charge in [-0.25, -0.2) is 0 Å². The Balaban J connectivity index is 3.33. The summed E-state index contributed by atoms with van der Waals surface area (Å²) >= 11 is 0. The van der Waals surface area contributed by atoms with E-state index in [0.717, 1.165) is 13.2 Å². The largest absolute Gasteiger partial charge is 0.381 e. The lowest BCUT2D eigenvalue weighted by atomic mass is 10.2. The first-order chi connectivity index (χ1) is 7.72. The molecule has 0 unspecified atom stereocenters. The molecule has 98 valence electrons. The van der Waals surface area contributed by atoms with E-state index in [9.17, 15) is 0 Å². The quantitative estimate of drug-likeness (QED) is 0.501. The van der Waals surface area contributed by atoms with E-state index >= 15 is 0 Å². The Kier molecular flexibility index (Phi) is 11.3. The first-order valence-corrected chi connectivity index (χ1v) is 7.04. The van der Waals surface area contributed by atoms with Crippen molar-refractivity contribution in [2.24, 2.45) is 0 Å². The Morgan fingerprint density at radius 1 is 0.875 bits per heavy atom. The van der Waals surface area contributed by atoms with Crippen molar-refractivity contribution in [1.29, 1.82) is 0 Å². The highest BCUT2D eigenvalue weighted by atomic mass is 16.5. The Bertz CT molecular complexity index is 137. The van der Waals surface area contributed by atoms with Crippen molar-refractivity contribution in [3.05, 3.63) is 0 Å². The molecule has 0 N–H and O–H groups in total. The SMILES string of the molecule is CCCCCOCCCN(CCC)C(C)C. The van der Waals surface area contributed by atoms with Gasteiger partial charge >= 0.3 is 0 Å². The fourth-order valence-electron chi connectivity index (χ4n) is 1.84. The van der Waals surface area contributed by atoms with Crippen LogP contribution in [0, 0.1) is 0 Å². The van der Waals surface area contributed by atoms with E-state index < -0.39 is 0 Å². The minimum Gasteiger partial charge on any atom is -0.381 e. The van der Waals surface area contributed by atoms with Crippen LogP contribution in [0.25, 0.3) is 0 Å². The van der Waals surface area contributed by atoms with Crippen LogP contribution in [-0.4, -0.2) is 37.2 Å². The maximum absolute atomic E-state index is 5.62. The highest BCUT2D eigenvalue weighted by molar-refractivity contribution is 4.61. The molecule has 0 saturated carbocycles. The molecule has 0 aliphatic carbocycles. The van der Waals surface area contributed by atoms with Gasteiger partial charge in [0.25, 0.3) is 0 Å². The summed E-state index contributed by atoms with van der Waals surface area (Å²) in [7, 11) is 0. The zero-order valence-corrected chi connectivity index (χ0v) is 11.8. The van der Waals surface area contributed by atoms with Gasteiger partial charge in [0.2, 0.25) is 0 Å². The topological polar surface area (TPSA) is 12.5 Å². The smallest absolute Gasteiger partial charge is 0.0478 e. The van der Waals surface area contributed by atoms with Crippen molar-refractivity contribution in [2.75, 3.05) is 26.3 Å². The lowest BCUT2D eigenvalue weighted by Crippen LogP contribution is -2.33. The highest BCUT2D eigenvalue weighted by Crippen LogP contribution is 2.01. The van der Waals surface area contributed by atoms with Gasteiger partial charge in [0.1, 0.15) is 0 Å². The predicted octanol–water partition coefficient (Wildman–Crippen LogP) is 3.70. The van der Waals surface area contributed by atoms with Crippen LogP contribution in [-0.2, 0) is 4.74 Å². The summed E-state index contributed by atoms with van der Waals surface area (Å²) < 4.78 is 5.62. The first kappa shape index (κ1) is 15.9. The minimum absolute atomic E-state index is 0.667. The van der Waals surface area contributed by atoms with E-state index in [2.05, 4.69) is 32.6 Å². The molecule has 0 bridgehead atoms. The Labute approximate surface area is 102 Å². The summed E-state index contributed by atoms with van der Waals surface area (Å²) in [4.78, 5) is 2.54. The summed E-state index contributed by atoms with van der Waals surface area (Å²) in [6.07, 6.45) is 6.22. The summed E-state index contributed by atoms with van der Waals surface area (Å²) in [6.45, 7) is 13.3. The predicted molar refractivity (Wildman–Crippen MR) is 72.0 cm³/mol. The standard InChI is InChI=1S/C14H31NO/c1-5-7-8-12-16-13-9-11-15(10-6-2)14(3)4/h14H,5-13H2,1-4H3. The molecule has 0 rings (SSSR count). The molecule has 16 heavy (non-hydrogen) atoms. The van der Waals surface area contributed by atoms with Gasteiger partial charge in [-0.2, -0.15) is 0 Å². The molecule has 0 fully saturated rings. The first-order valence-electron chi connectivity index (χ1n) is 7.04. The average molecular weight is 229 g/mol.